The summed E-state index contributed by atoms with van der Waals surface area (Å²) in [6, 6.07) is 4.60. The first kappa shape index (κ1) is 14.1. The number of nitrogens with two attached hydrogens (primary N) is 1. The Morgan fingerprint density at radius 2 is 1.95 bits per heavy atom. The van der Waals surface area contributed by atoms with Crippen LogP contribution in [0.5, 0.6) is 11.5 Å². The molecule has 106 valence electrons. The fourth-order valence-corrected chi connectivity index (χ4v) is 1.85. The number of rotatable bonds is 4. The van der Waals surface area contributed by atoms with E-state index in [0.717, 1.165) is 0 Å². The van der Waals surface area contributed by atoms with E-state index in [1.54, 1.807) is 12.1 Å². The number of nitrogen functional groups attached to an aromatic ring is 1. The van der Waals surface area contributed by atoms with Gasteiger partial charge < -0.3 is 24.9 Å². The molecule has 1 heterocycles. The summed E-state index contributed by atoms with van der Waals surface area (Å²) in [5.74, 6) is 0.502. The molecular formula is C13H13ClN2O4. The van der Waals surface area contributed by atoms with E-state index in [-0.39, 0.29) is 10.8 Å². The van der Waals surface area contributed by atoms with Crippen LogP contribution in [0.2, 0.25) is 5.22 Å². The molecule has 0 atom stereocenters. The highest BCUT2D eigenvalue weighted by Crippen LogP contribution is 2.35. The Balaban J connectivity index is 2.30. The van der Waals surface area contributed by atoms with Crippen molar-refractivity contribution in [3.63, 3.8) is 0 Å². The number of anilines is 2. The molecule has 0 aliphatic carbocycles. The minimum absolute atomic E-state index is 0.0153. The van der Waals surface area contributed by atoms with Crippen LogP contribution in [0.25, 0.3) is 0 Å². The van der Waals surface area contributed by atoms with Gasteiger partial charge >= 0.3 is 0 Å². The van der Waals surface area contributed by atoms with Gasteiger partial charge in [0, 0.05) is 12.1 Å². The molecule has 3 N–H and O–H groups in total. The lowest BCUT2D eigenvalue weighted by Crippen LogP contribution is -2.13. The van der Waals surface area contributed by atoms with E-state index in [9.17, 15) is 4.79 Å². The Morgan fingerprint density at radius 3 is 2.50 bits per heavy atom. The van der Waals surface area contributed by atoms with Crippen LogP contribution < -0.4 is 20.5 Å². The Labute approximate surface area is 120 Å². The first-order valence-electron chi connectivity index (χ1n) is 5.62. The van der Waals surface area contributed by atoms with Crippen molar-refractivity contribution in [2.75, 3.05) is 25.3 Å². The molecule has 0 unspecified atom stereocenters. The molecule has 1 amide bonds. The highest BCUT2D eigenvalue weighted by Gasteiger charge is 2.16. The van der Waals surface area contributed by atoms with Crippen LogP contribution in [0.4, 0.5) is 11.4 Å². The van der Waals surface area contributed by atoms with E-state index in [1.807, 2.05) is 0 Å². The van der Waals surface area contributed by atoms with Gasteiger partial charge in [-0.15, -0.1) is 0 Å². The van der Waals surface area contributed by atoms with Crippen molar-refractivity contribution in [1.82, 2.24) is 0 Å². The number of halogens is 1. The number of benzene rings is 1. The van der Waals surface area contributed by atoms with E-state index in [4.69, 9.17) is 31.2 Å². The Hall–Kier alpha value is -2.34. The normalized spacial score (nSPS) is 10.2. The van der Waals surface area contributed by atoms with Crippen LogP contribution in [-0.2, 0) is 0 Å². The molecule has 1 aromatic carbocycles. The molecule has 0 aliphatic rings. The van der Waals surface area contributed by atoms with Gasteiger partial charge in [-0.25, -0.2) is 0 Å². The first-order valence-corrected chi connectivity index (χ1v) is 6.00. The quantitative estimate of drug-likeness (QED) is 0.847. The Morgan fingerprint density at radius 1 is 1.30 bits per heavy atom. The lowest BCUT2D eigenvalue weighted by molar-refractivity contribution is 0.102. The van der Waals surface area contributed by atoms with Gasteiger partial charge in [0.15, 0.2) is 11.5 Å². The fraction of sp³-hybridized carbons (Fsp3) is 0.154. The average Bonchev–Trinajstić information content (AvgIpc) is 2.86. The predicted molar refractivity (Wildman–Crippen MR) is 75.6 cm³/mol. The summed E-state index contributed by atoms with van der Waals surface area (Å²) in [4.78, 5) is 12.0. The maximum Gasteiger partial charge on any atom is 0.260 e. The number of furan rings is 1. The molecule has 0 aliphatic heterocycles. The zero-order chi connectivity index (χ0) is 14.7. The van der Waals surface area contributed by atoms with Gasteiger partial charge in [0.05, 0.1) is 37.4 Å². The minimum atomic E-state index is -0.428. The number of ether oxygens (including phenoxy) is 2. The number of amides is 1. The number of nitrogens with one attached hydrogen (secondary N) is 1. The van der Waals surface area contributed by atoms with Crippen molar-refractivity contribution in [1.29, 1.82) is 0 Å². The third kappa shape index (κ3) is 2.65. The van der Waals surface area contributed by atoms with Crippen LogP contribution in [0, 0.1) is 0 Å². The molecule has 20 heavy (non-hydrogen) atoms. The standard InChI is InChI=1S/C13H13ClN2O4/c1-18-10-5-8(15)9(6-11(10)19-2)16-13(17)7-3-4-20-12(7)14/h3-6H,15H2,1-2H3,(H,16,17). The SMILES string of the molecule is COc1cc(N)c(NC(=O)c2ccoc2Cl)cc1OC. The second-order valence-electron chi connectivity index (χ2n) is 3.86. The lowest BCUT2D eigenvalue weighted by atomic mass is 10.2. The predicted octanol–water partition coefficient (Wildman–Crippen LogP) is 2.78. The highest BCUT2D eigenvalue weighted by molar-refractivity contribution is 6.32. The average molecular weight is 297 g/mol. The molecule has 1 aromatic heterocycles. The van der Waals surface area contributed by atoms with Crippen molar-refractivity contribution in [2.24, 2.45) is 0 Å². The van der Waals surface area contributed by atoms with Crippen molar-refractivity contribution in [3.05, 3.63) is 35.2 Å². The van der Waals surface area contributed by atoms with Crippen LogP contribution in [0.15, 0.2) is 28.9 Å². The summed E-state index contributed by atoms with van der Waals surface area (Å²) in [5.41, 5.74) is 6.81. The Kier molecular flexibility index (Phi) is 4.05. The number of hydrogen-bond acceptors (Lipinski definition) is 5. The lowest BCUT2D eigenvalue weighted by Gasteiger charge is -2.13. The minimum Gasteiger partial charge on any atom is -0.493 e. The van der Waals surface area contributed by atoms with Crippen molar-refractivity contribution < 1.29 is 18.7 Å². The summed E-state index contributed by atoms with van der Waals surface area (Å²) >= 11 is 5.74. The van der Waals surface area contributed by atoms with Crippen molar-refractivity contribution in [2.45, 2.75) is 0 Å². The number of carbonyl (C=O) groups is 1. The van der Waals surface area contributed by atoms with Gasteiger partial charge in [-0.2, -0.15) is 0 Å². The molecule has 2 aromatic rings. The topological polar surface area (TPSA) is 86.7 Å². The zero-order valence-corrected chi connectivity index (χ0v) is 11.7. The van der Waals surface area contributed by atoms with Gasteiger partial charge in [-0.1, -0.05) is 0 Å². The summed E-state index contributed by atoms with van der Waals surface area (Å²) < 4.78 is 15.1. The maximum atomic E-state index is 12.0. The van der Waals surface area contributed by atoms with Crippen LogP contribution in [0.3, 0.4) is 0 Å². The molecule has 0 bridgehead atoms. The summed E-state index contributed by atoms with van der Waals surface area (Å²) in [7, 11) is 2.99. The molecule has 0 saturated heterocycles. The molecule has 7 heteroatoms. The zero-order valence-electron chi connectivity index (χ0n) is 10.9. The third-order valence-corrected chi connectivity index (χ3v) is 2.96. The van der Waals surface area contributed by atoms with Gasteiger partial charge in [-0.3, -0.25) is 4.79 Å². The summed E-state index contributed by atoms with van der Waals surface area (Å²) in [6.07, 6.45) is 1.33. The monoisotopic (exact) mass is 296 g/mol. The smallest absolute Gasteiger partial charge is 0.260 e. The van der Waals surface area contributed by atoms with Gasteiger partial charge in [-0.05, 0) is 17.7 Å². The molecular weight excluding hydrogens is 284 g/mol. The van der Waals surface area contributed by atoms with E-state index in [1.165, 1.54) is 26.5 Å². The van der Waals surface area contributed by atoms with Crippen LogP contribution in [0.1, 0.15) is 10.4 Å². The third-order valence-electron chi connectivity index (χ3n) is 2.67. The largest absolute Gasteiger partial charge is 0.493 e. The molecule has 6 nitrogen and oxygen atoms in total. The van der Waals surface area contributed by atoms with E-state index in [2.05, 4.69) is 5.32 Å². The first-order chi connectivity index (χ1) is 9.56. The summed E-state index contributed by atoms with van der Waals surface area (Å²) in [5, 5.41) is 2.65. The van der Waals surface area contributed by atoms with Gasteiger partial charge in [0.2, 0.25) is 5.22 Å². The molecule has 0 radical (unpaired) electrons. The molecule has 0 fully saturated rings. The fourth-order valence-electron chi connectivity index (χ4n) is 1.65. The Bertz CT molecular complexity index is 639. The van der Waals surface area contributed by atoms with Gasteiger partial charge in [0.1, 0.15) is 0 Å². The molecule has 2 rings (SSSR count). The van der Waals surface area contributed by atoms with E-state index in [0.29, 0.717) is 22.9 Å². The maximum absolute atomic E-state index is 12.0. The van der Waals surface area contributed by atoms with Crippen LogP contribution >= 0.6 is 11.6 Å². The van der Waals surface area contributed by atoms with Crippen molar-refractivity contribution >= 4 is 28.9 Å². The number of methoxy groups -OCH3 is 2. The number of carbonyl (C=O) groups excluding carboxylic acids is 1. The highest BCUT2D eigenvalue weighted by atomic mass is 35.5. The van der Waals surface area contributed by atoms with E-state index < -0.39 is 5.91 Å². The number of hydrogen-bond donors (Lipinski definition) is 2. The molecule has 0 spiro atoms. The van der Waals surface area contributed by atoms with Crippen LogP contribution in [-0.4, -0.2) is 20.1 Å². The van der Waals surface area contributed by atoms with Crippen molar-refractivity contribution in [3.8, 4) is 11.5 Å². The second kappa shape index (κ2) is 5.75. The van der Waals surface area contributed by atoms with E-state index >= 15 is 0 Å². The van der Waals surface area contributed by atoms with Gasteiger partial charge in [0.25, 0.3) is 5.91 Å². The molecule has 0 saturated carbocycles. The second-order valence-corrected chi connectivity index (χ2v) is 4.20. The summed E-state index contributed by atoms with van der Waals surface area (Å²) in [6.45, 7) is 0.